The van der Waals surface area contributed by atoms with E-state index in [2.05, 4.69) is 0 Å². The third kappa shape index (κ3) is 4.51. The Morgan fingerprint density at radius 2 is 1.43 bits per heavy atom. The molecule has 0 aliphatic carbocycles. The smallest absolute Gasteiger partial charge is 0.0973 e. The van der Waals surface area contributed by atoms with Gasteiger partial charge in [-0.25, -0.2) is 0 Å². The Morgan fingerprint density at radius 3 is 1.57 bits per heavy atom. The molecular formula is C4H7CaNO. The van der Waals surface area contributed by atoms with E-state index in [0.717, 1.165) is 0 Å². The van der Waals surface area contributed by atoms with Crippen LogP contribution in [0.5, 0.6) is 0 Å². The largest absolute Gasteiger partial charge is 0.870 e. The molecule has 2 radical (unpaired) electrons. The van der Waals surface area contributed by atoms with E-state index in [1.807, 2.05) is 29.9 Å². The third-order valence-corrected chi connectivity index (χ3v) is 0.556. The Bertz CT molecular complexity index is 69.8. The maximum Gasteiger partial charge on any atom is 0.0973 e. The first-order valence-electron chi connectivity index (χ1n) is 1.67. The summed E-state index contributed by atoms with van der Waals surface area (Å²) >= 11 is 0. The van der Waals surface area contributed by atoms with Crippen LogP contribution < -0.4 is 5.32 Å². The fourth-order valence-electron chi connectivity index (χ4n) is 0.321. The van der Waals surface area contributed by atoms with Crippen molar-refractivity contribution in [3.8, 4) is 0 Å². The summed E-state index contributed by atoms with van der Waals surface area (Å²) in [6.45, 7) is 0. The van der Waals surface area contributed by atoms with Crippen LogP contribution in [0.3, 0.4) is 0 Å². The molecular weight excluding hydrogens is 118 g/mol. The second-order valence-electron chi connectivity index (χ2n) is 0.962. The molecule has 1 heterocycles. The van der Waals surface area contributed by atoms with Crippen molar-refractivity contribution in [2.75, 3.05) is 0 Å². The van der Waals surface area contributed by atoms with Gasteiger partial charge >= 0.3 is 0 Å². The summed E-state index contributed by atoms with van der Waals surface area (Å²) in [5, 5.41) is 2.00. The molecule has 0 aromatic carbocycles. The summed E-state index contributed by atoms with van der Waals surface area (Å²) < 4.78 is 0. The van der Waals surface area contributed by atoms with Crippen LogP contribution in [0.4, 0.5) is 0 Å². The topological polar surface area (TPSA) is 46.6 Å². The van der Waals surface area contributed by atoms with E-state index in [1.54, 1.807) is 0 Å². The van der Waals surface area contributed by atoms with Crippen molar-refractivity contribution in [2.45, 2.75) is 0 Å². The van der Waals surface area contributed by atoms with E-state index in [9.17, 15) is 0 Å². The number of hydrogen-bond acceptors (Lipinski definition) is 1. The summed E-state index contributed by atoms with van der Waals surface area (Å²) in [6, 6.07) is 0. The van der Waals surface area contributed by atoms with Crippen molar-refractivity contribution < 1.29 is 10.8 Å². The first-order chi connectivity index (χ1) is 2.50. The average molecular weight is 125 g/mol. The summed E-state index contributed by atoms with van der Waals surface area (Å²) in [4.78, 5) is 0. The Hall–Kier alpha value is 0.660. The zero-order chi connectivity index (χ0) is 3.54. The van der Waals surface area contributed by atoms with Gasteiger partial charge in [0.05, 0.1) is 12.4 Å². The van der Waals surface area contributed by atoms with Crippen molar-refractivity contribution >= 4 is 37.7 Å². The van der Waals surface area contributed by atoms with Crippen LogP contribution in [0, 0.1) is 0 Å². The number of rotatable bonds is 0. The average Bonchev–Trinajstić information content (AvgIpc) is 1.76. The molecule has 0 saturated carbocycles. The van der Waals surface area contributed by atoms with Crippen LogP contribution >= 0.6 is 0 Å². The van der Waals surface area contributed by atoms with Gasteiger partial charge < -0.3 is 5.48 Å². The van der Waals surface area contributed by atoms with Gasteiger partial charge in [0.15, 0.2) is 0 Å². The van der Waals surface area contributed by atoms with E-state index in [0.29, 0.717) is 0 Å². The van der Waals surface area contributed by atoms with Gasteiger partial charge in [-0.1, -0.05) is 0 Å². The molecule has 0 saturated heterocycles. The summed E-state index contributed by atoms with van der Waals surface area (Å²) in [6.07, 6.45) is 8.00. The van der Waals surface area contributed by atoms with E-state index >= 15 is 0 Å². The third-order valence-electron chi connectivity index (χ3n) is 0.556. The zero-order valence-electron chi connectivity index (χ0n) is 4.04. The monoisotopic (exact) mass is 125 g/mol. The molecule has 7 heavy (non-hydrogen) atoms. The summed E-state index contributed by atoms with van der Waals surface area (Å²) in [7, 11) is 0. The minimum atomic E-state index is 0. The van der Waals surface area contributed by atoms with Crippen molar-refractivity contribution in [2.24, 2.45) is 0 Å². The Balaban J connectivity index is 0. The molecule has 0 aromatic heterocycles. The van der Waals surface area contributed by atoms with Crippen LogP contribution in [-0.4, -0.2) is 43.2 Å². The van der Waals surface area contributed by atoms with E-state index in [1.165, 1.54) is 0 Å². The normalized spacial score (nSPS) is 12.6. The number of quaternary nitrogens is 1. The number of nitrogens with two attached hydrogens (primary N) is 1. The summed E-state index contributed by atoms with van der Waals surface area (Å²) in [5.74, 6) is 0. The minimum absolute atomic E-state index is 0. The molecule has 0 amide bonds. The molecule has 3 N–H and O–H groups in total. The van der Waals surface area contributed by atoms with Crippen LogP contribution in [0.2, 0.25) is 0 Å². The fourth-order valence-corrected chi connectivity index (χ4v) is 0.321. The van der Waals surface area contributed by atoms with Gasteiger partial charge in [0.2, 0.25) is 0 Å². The van der Waals surface area contributed by atoms with E-state index < -0.39 is 0 Å². The SMILES string of the molecule is C1=C[NH2+]C=C1.[Ca].[OH-]. The van der Waals surface area contributed by atoms with Crippen molar-refractivity contribution in [3.05, 3.63) is 24.6 Å². The second kappa shape index (κ2) is 6.66. The molecule has 1 aliphatic heterocycles. The van der Waals surface area contributed by atoms with Gasteiger partial charge in [0.25, 0.3) is 0 Å². The maximum atomic E-state index is 2.00. The molecule has 3 heteroatoms. The molecule has 0 bridgehead atoms. The van der Waals surface area contributed by atoms with Crippen molar-refractivity contribution in [1.82, 2.24) is 0 Å². The van der Waals surface area contributed by atoms with E-state index in [4.69, 9.17) is 0 Å². The van der Waals surface area contributed by atoms with Gasteiger partial charge in [-0.3, -0.25) is 5.32 Å². The van der Waals surface area contributed by atoms with Gasteiger partial charge in [-0.15, -0.1) is 0 Å². The molecule has 1 aliphatic rings. The Morgan fingerprint density at radius 1 is 1.00 bits per heavy atom. The zero-order valence-corrected chi connectivity index (χ0v) is 6.25. The van der Waals surface area contributed by atoms with Gasteiger partial charge in [0.1, 0.15) is 0 Å². The number of allylic oxidation sites excluding steroid dienone is 2. The Kier molecular flexibility index (Phi) is 10.1. The summed E-state index contributed by atoms with van der Waals surface area (Å²) in [5.41, 5.74) is 0. The molecule has 0 spiro atoms. The van der Waals surface area contributed by atoms with Crippen LogP contribution in [0.15, 0.2) is 24.6 Å². The first-order valence-corrected chi connectivity index (χ1v) is 1.67. The van der Waals surface area contributed by atoms with Gasteiger partial charge in [0, 0.05) is 37.7 Å². The Labute approximate surface area is 72.6 Å². The molecule has 0 unspecified atom stereocenters. The second-order valence-corrected chi connectivity index (χ2v) is 0.962. The van der Waals surface area contributed by atoms with Gasteiger partial charge in [-0.05, 0) is 12.2 Å². The van der Waals surface area contributed by atoms with Crippen LogP contribution in [0.25, 0.3) is 0 Å². The standard InChI is InChI=1S/C4H5N.Ca.H2O/c1-2-4-5-3-1;;/h1-5H;;1H2. The maximum absolute atomic E-state index is 2.00. The fraction of sp³-hybridized carbons (Fsp3) is 0. The van der Waals surface area contributed by atoms with E-state index in [-0.39, 0.29) is 43.2 Å². The predicted molar refractivity (Wildman–Crippen MR) is 27.9 cm³/mol. The quantitative estimate of drug-likeness (QED) is 0.416. The predicted octanol–water partition coefficient (Wildman–Crippen LogP) is -0.967. The minimum Gasteiger partial charge on any atom is -0.870 e. The molecule has 0 atom stereocenters. The van der Waals surface area contributed by atoms with Crippen molar-refractivity contribution in [1.29, 1.82) is 0 Å². The molecule has 36 valence electrons. The van der Waals surface area contributed by atoms with Gasteiger partial charge in [-0.2, -0.15) is 0 Å². The van der Waals surface area contributed by atoms with Crippen LogP contribution in [0.1, 0.15) is 0 Å². The molecule has 2 nitrogen and oxygen atoms in total. The molecule has 0 fully saturated rings. The number of hydrogen-bond donors (Lipinski definition) is 1. The van der Waals surface area contributed by atoms with Crippen molar-refractivity contribution in [3.63, 3.8) is 0 Å². The first kappa shape index (κ1) is 10.6. The van der Waals surface area contributed by atoms with Crippen LogP contribution in [-0.2, 0) is 0 Å². The molecule has 0 aromatic rings. The molecule has 1 rings (SSSR count).